The summed E-state index contributed by atoms with van der Waals surface area (Å²) >= 11 is 0. The Bertz CT molecular complexity index is 2370. The molecule has 8 rings (SSSR count). The molecule has 2 heteroatoms. The zero-order chi connectivity index (χ0) is 35.4. The number of allylic oxidation sites excluding steroid dienone is 12. The van der Waals surface area contributed by atoms with Crippen LogP contribution in [-0.4, -0.2) is 0 Å². The summed E-state index contributed by atoms with van der Waals surface area (Å²) in [5.41, 5.74) is 15.5. The molecular formula is C49H47NO. The molecule has 3 atom stereocenters. The number of furan rings is 1. The van der Waals surface area contributed by atoms with E-state index in [4.69, 9.17) is 11.0 Å². The summed E-state index contributed by atoms with van der Waals surface area (Å²) < 4.78 is 6.58. The van der Waals surface area contributed by atoms with Crippen LogP contribution in [0.3, 0.4) is 0 Å². The number of hydrogen-bond acceptors (Lipinski definition) is 2. The third-order valence-corrected chi connectivity index (χ3v) is 11.5. The van der Waals surface area contributed by atoms with Crippen LogP contribution in [0.25, 0.3) is 33.1 Å². The topological polar surface area (TPSA) is 16.4 Å². The van der Waals surface area contributed by atoms with E-state index in [-0.39, 0.29) is 5.41 Å². The average molecular weight is 666 g/mol. The minimum Gasteiger partial charge on any atom is -0.454 e. The number of para-hydroxylation sites is 2. The first-order chi connectivity index (χ1) is 24.7. The van der Waals surface area contributed by atoms with Crippen LogP contribution < -0.4 is 4.90 Å². The molecule has 5 aromatic rings. The van der Waals surface area contributed by atoms with Crippen molar-refractivity contribution in [2.45, 2.75) is 48.0 Å². The fourth-order valence-corrected chi connectivity index (χ4v) is 9.05. The van der Waals surface area contributed by atoms with Gasteiger partial charge in [0.1, 0.15) is 5.58 Å². The third kappa shape index (κ3) is 5.49. The number of fused-ring (bicyclic) bond motifs is 5. The zero-order valence-corrected chi connectivity index (χ0v) is 30.7. The van der Waals surface area contributed by atoms with Crippen molar-refractivity contribution in [3.8, 4) is 11.1 Å². The van der Waals surface area contributed by atoms with E-state index in [0.29, 0.717) is 17.8 Å². The monoisotopic (exact) mass is 665 g/mol. The molecule has 1 aromatic heterocycles. The Balaban J connectivity index is 1.19. The molecule has 1 heterocycles. The first kappa shape index (κ1) is 32.8. The maximum Gasteiger partial charge on any atom is 0.159 e. The van der Waals surface area contributed by atoms with Crippen molar-refractivity contribution in [3.05, 3.63) is 179 Å². The van der Waals surface area contributed by atoms with Crippen molar-refractivity contribution < 1.29 is 4.42 Å². The smallest absolute Gasteiger partial charge is 0.159 e. The van der Waals surface area contributed by atoms with Gasteiger partial charge in [-0.2, -0.15) is 0 Å². The van der Waals surface area contributed by atoms with Gasteiger partial charge in [-0.15, -0.1) is 0 Å². The van der Waals surface area contributed by atoms with Gasteiger partial charge < -0.3 is 9.32 Å². The maximum atomic E-state index is 6.58. The molecular weight excluding hydrogens is 619 g/mol. The van der Waals surface area contributed by atoms with E-state index in [1.165, 1.54) is 33.4 Å². The lowest BCUT2D eigenvalue weighted by molar-refractivity contribution is 0.456. The Morgan fingerprint density at radius 1 is 0.863 bits per heavy atom. The highest BCUT2D eigenvalue weighted by Gasteiger charge is 2.47. The maximum absolute atomic E-state index is 6.58. The number of hydrogen-bond donors (Lipinski definition) is 0. The molecule has 0 aliphatic heterocycles. The lowest BCUT2D eigenvalue weighted by Gasteiger charge is -2.33. The molecule has 0 bridgehead atoms. The van der Waals surface area contributed by atoms with Gasteiger partial charge in [0.2, 0.25) is 0 Å². The van der Waals surface area contributed by atoms with Crippen molar-refractivity contribution >= 4 is 33.3 Å². The highest BCUT2D eigenvalue weighted by atomic mass is 16.3. The Morgan fingerprint density at radius 2 is 1.57 bits per heavy atom. The predicted octanol–water partition coefficient (Wildman–Crippen LogP) is 13.8. The molecule has 3 aliphatic carbocycles. The van der Waals surface area contributed by atoms with Gasteiger partial charge in [0.05, 0.1) is 5.69 Å². The van der Waals surface area contributed by atoms with Crippen LogP contribution in [0.2, 0.25) is 0 Å². The summed E-state index contributed by atoms with van der Waals surface area (Å²) in [7, 11) is 0. The second kappa shape index (κ2) is 12.8. The van der Waals surface area contributed by atoms with Crippen molar-refractivity contribution in [2.75, 3.05) is 4.90 Å². The molecule has 254 valence electrons. The van der Waals surface area contributed by atoms with Crippen LogP contribution in [0.1, 0.15) is 48.0 Å². The minimum atomic E-state index is 0.0208. The molecule has 0 N–H and O–H groups in total. The highest BCUT2D eigenvalue weighted by molar-refractivity contribution is 6.09. The number of nitrogens with zero attached hydrogens (tertiary/aromatic N) is 1. The van der Waals surface area contributed by atoms with E-state index in [1.54, 1.807) is 11.1 Å². The second-order valence-electron chi connectivity index (χ2n) is 15.1. The largest absolute Gasteiger partial charge is 0.454 e. The van der Waals surface area contributed by atoms with E-state index in [2.05, 4.69) is 168 Å². The Hall–Kier alpha value is -5.34. The van der Waals surface area contributed by atoms with Gasteiger partial charge in [-0.05, 0) is 95.9 Å². The third-order valence-electron chi connectivity index (χ3n) is 11.5. The molecule has 2 nitrogen and oxygen atoms in total. The molecule has 0 spiro atoms. The van der Waals surface area contributed by atoms with Gasteiger partial charge in [-0.1, -0.05) is 149 Å². The molecule has 0 saturated heterocycles. The van der Waals surface area contributed by atoms with Gasteiger partial charge >= 0.3 is 0 Å². The first-order valence-electron chi connectivity index (χ1n) is 18.4. The van der Waals surface area contributed by atoms with E-state index in [1.807, 2.05) is 12.1 Å². The lowest BCUT2D eigenvalue weighted by atomic mass is 9.71. The fraction of sp³-hybridized carbons (Fsp3) is 0.224. The van der Waals surface area contributed by atoms with Crippen LogP contribution in [0.4, 0.5) is 11.4 Å². The molecule has 0 fully saturated rings. The van der Waals surface area contributed by atoms with E-state index >= 15 is 0 Å². The second-order valence-corrected chi connectivity index (χ2v) is 15.1. The van der Waals surface area contributed by atoms with Crippen molar-refractivity contribution in [3.63, 3.8) is 0 Å². The Labute approximate surface area is 303 Å². The summed E-state index contributed by atoms with van der Waals surface area (Å²) in [6, 6.07) is 34.0. The average Bonchev–Trinajstić information content (AvgIpc) is 3.63. The summed E-state index contributed by atoms with van der Waals surface area (Å²) in [6.07, 6.45) is 15.5. The predicted molar refractivity (Wildman–Crippen MR) is 217 cm³/mol. The Morgan fingerprint density at radius 3 is 2.33 bits per heavy atom. The van der Waals surface area contributed by atoms with E-state index < -0.39 is 0 Å². The van der Waals surface area contributed by atoms with Crippen molar-refractivity contribution in [1.29, 1.82) is 0 Å². The van der Waals surface area contributed by atoms with Crippen LogP contribution in [0.15, 0.2) is 184 Å². The highest BCUT2D eigenvalue weighted by Crippen LogP contribution is 2.59. The van der Waals surface area contributed by atoms with E-state index in [0.717, 1.165) is 45.4 Å². The molecule has 4 aromatic carbocycles. The lowest BCUT2D eigenvalue weighted by Crippen LogP contribution is -2.23. The molecule has 0 radical (unpaired) electrons. The van der Waals surface area contributed by atoms with Gasteiger partial charge in [0, 0.05) is 33.5 Å². The number of benzene rings is 4. The quantitative estimate of drug-likeness (QED) is 0.161. The van der Waals surface area contributed by atoms with Gasteiger partial charge in [0.15, 0.2) is 5.58 Å². The summed E-state index contributed by atoms with van der Waals surface area (Å²) in [5.74, 6) is 1.50. The van der Waals surface area contributed by atoms with E-state index in [9.17, 15) is 0 Å². The summed E-state index contributed by atoms with van der Waals surface area (Å²) in [5, 5.41) is 2.21. The van der Waals surface area contributed by atoms with Gasteiger partial charge in [-0.25, -0.2) is 0 Å². The number of anilines is 2. The normalized spacial score (nSPS) is 21.4. The molecule has 3 unspecified atom stereocenters. The first-order valence-corrected chi connectivity index (χ1v) is 18.4. The van der Waals surface area contributed by atoms with Crippen molar-refractivity contribution in [1.82, 2.24) is 0 Å². The molecule has 51 heavy (non-hydrogen) atoms. The standard InChI is InChI=1S/C49H47NO/c1-8-39(37-29-33(4)47-43(30-37)49(6,7)42-21-14-16-31(2)46(42)47)32(3)28-34(5)50(38-26-24-36(25-27-38)35-17-10-9-11-18-35)44-22-15-20-41-40-19-12-13-23-45(40)51-48(41)44/h8-15,17-31,33,47H,5,16H2,1-4,6-7H3/b32-28-,39-8+. The summed E-state index contributed by atoms with van der Waals surface area (Å²) in [6.45, 7) is 18.8. The fourth-order valence-electron chi connectivity index (χ4n) is 9.05. The minimum absolute atomic E-state index is 0.0208. The molecule has 0 amide bonds. The van der Waals surface area contributed by atoms with Crippen LogP contribution in [0.5, 0.6) is 0 Å². The molecule has 0 saturated carbocycles. The molecule has 3 aliphatic rings. The zero-order valence-electron chi connectivity index (χ0n) is 30.7. The summed E-state index contributed by atoms with van der Waals surface area (Å²) in [4.78, 5) is 2.24. The van der Waals surface area contributed by atoms with Crippen LogP contribution >= 0.6 is 0 Å². The van der Waals surface area contributed by atoms with Gasteiger partial charge in [0.25, 0.3) is 0 Å². The Kier molecular flexibility index (Phi) is 8.22. The number of rotatable bonds is 7. The van der Waals surface area contributed by atoms with Gasteiger partial charge in [-0.3, -0.25) is 0 Å². The van der Waals surface area contributed by atoms with Crippen molar-refractivity contribution in [2.24, 2.45) is 23.2 Å². The SMILES string of the molecule is C=C(/C=C(C)\C(=C/C)C1=CC(C)C2C(=C1)C(C)(C)C1=C2C(C)CC=C1)N(c1ccc(-c2ccccc2)cc1)c1cccc2c1oc1ccccc12. The van der Waals surface area contributed by atoms with Crippen LogP contribution in [0, 0.1) is 23.2 Å². The van der Waals surface area contributed by atoms with Crippen LogP contribution in [-0.2, 0) is 0 Å².